The third-order valence-electron chi connectivity index (χ3n) is 3.45. The number of ether oxygens (including phenoxy) is 1. The van der Waals surface area contributed by atoms with E-state index in [0.717, 1.165) is 11.1 Å². The lowest BCUT2D eigenvalue weighted by Crippen LogP contribution is -2.31. The quantitative estimate of drug-likeness (QED) is 0.814. The van der Waals surface area contributed by atoms with Gasteiger partial charge in [-0.3, -0.25) is 4.79 Å². The maximum atomic E-state index is 12.5. The highest BCUT2D eigenvalue weighted by Crippen LogP contribution is 2.22. The molecule has 0 saturated carbocycles. The second-order valence-corrected chi connectivity index (χ2v) is 5.81. The first-order valence-electron chi connectivity index (χ1n) is 7.44. The van der Waals surface area contributed by atoms with Gasteiger partial charge in [0.2, 0.25) is 6.10 Å². The molecule has 0 fully saturated rings. The Morgan fingerprint density at radius 1 is 0.957 bits per heavy atom. The van der Waals surface area contributed by atoms with Crippen LogP contribution < -0.4 is 0 Å². The molecule has 0 aliphatic carbocycles. The number of aryl methyl sites for hydroxylation is 2. The summed E-state index contributed by atoms with van der Waals surface area (Å²) in [5.41, 5.74) is 3.07. The first-order chi connectivity index (χ1) is 10.9. The van der Waals surface area contributed by atoms with E-state index in [4.69, 9.17) is 4.74 Å². The maximum absolute atomic E-state index is 12.5. The highest BCUT2D eigenvalue weighted by Gasteiger charge is 2.27. The second-order valence-electron chi connectivity index (χ2n) is 5.81. The van der Waals surface area contributed by atoms with Crippen molar-refractivity contribution in [3.05, 3.63) is 70.8 Å². The molecule has 0 aliphatic rings. The van der Waals surface area contributed by atoms with Gasteiger partial charge in [0.15, 0.2) is 0 Å². The van der Waals surface area contributed by atoms with Crippen LogP contribution in [0.1, 0.15) is 33.2 Å². The average molecular weight is 311 g/mol. The summed E-state index contributed by atoms with van der Waals surface area (Å²) in [7, 11) is 3.28. The summed E-state index contributed by atoms with van der Waals surface area (Å²) in [6.45, 7) is 3.84. The van der Waals surface area contributed by atoms with Crippen molar-refractivity contribution in [3.63, 3.8) is 0 Å². The fourth-order valence-electron chi connectivity index (χ4n) is 2.39. The molecular formula is C19H21NO3. The topological polar surface area (TPSA) is 46.6 Å². The lowest BCUT2D eigenvalue weighted by molar-refractivity contribution is -0.138. The number of benzene rings is 2. The van der Waals surface area contributed by atoms with Crippen LogP contribution in [0.3, 0.4) is 0 Å². The van der Waals surface area contributed by atoms with Crippen molar-refractivity contribution in [1.82, 2.24) is 4.90 Å². The molecule has 2 rings (SSSR count). The Morgan fingerprint density at radius 3 is 2.04 bits per heavy atom. The van der Waals surface area contributed by atoms with Crippen LogP contribution in [0.2, 0.25) is 0 Å². The normalized spacial score (nSPS) is 11.7. The molecule has 2 aromatic carbocycles. The van der Waals surface area contributed by atoms with E-state index in [-0.39, 0.29) is 5.91 Å². The first-order valence-corrected chi connectivity index (χ1v) is 7.44. The monoisotopic (exact) mass is 311 g/mol. The summed E-state index contributed by atoms with van der Waals surface area (Å²) in [5, 5.41) is 0. The van der Waals surface area contributed by atoms with Gasteiger partial charge in [-0.2, -0.15) is 0 Å². The largest absolute Gasteiger partial charge is 0.444 e. The number of esters is 1. The van der Waals surface area contributed by atoms with Crippen LogP contribution in [0.15, 0.2) is 48.5 Å². The lowest BCUT2D eigenvalue weighted by atomic mass is 10.1. The van der Waals surface area contributed by atoms with Gasteiger partial charge in [-0.15, -0.1) is 0 Å². The van der Waals surface area contributed by atoms with E-state index in [1.54, 1.807) is 38.4 Å². The summed E-state index contributed by atoms with van der Waals surface area (Å²) in [4.78, 5) is 26.3. The zero-order valence-corrected chi connectivity index (χ0v) is 13.9. The van der Waals surface area contributed by atoms with E-state index in [9.17, 15) is 9.59 Å². The van der Waals surface area contributed by atoms with E-state index in [1.807, 2.05) is 38.1 Å². The summed E-state index contributed by atoms with van der Waals surface area (Å²) in [5.74, 6) is -0.769. The van der Waals surface area contributed by atoms with Crippen molar-refractivity contribution in [1.29, 1.82) is 0 Å². The van der Waals surface area contributed by atoms with Gasteiger partial charge in [0, 0.05) is 19.7 Å². The summed E-state index contributed by atoms with van der Waals surface area (Å²) in [6.07, 6.45) is -0.945. The van der Waals surface area contributed by atoms with Crippen LogP contribution in [-0.4, -0.2) is 30.9 Å². The lowest BCUT2D eigenvalue weighted by Gasteiger charge is -2.21. The van der Waals surface area contributed by atoms with Gasteiger partial charge in [-0.25, -0.2) is 4.79 Å². The molecule has 4 heteroatoms. The van der Waals surface area contributed by atoms with Crippen molar-refractivity contribution in [2.75, 3.05) is 14.1 Å². The Balaban J connectivity index is 2.30. The Bertz CT molecular complexity index is 688. The van der Waals surface area contributed by atoms with Crippen molar-refractivity contribution in [2.45, 2.75) is 20.0 Å². The van der Waals surface area contributed by atoms with Crippen molar-refractivity contribution < 1.29 is 14.3 Å². The van der Waals surface area contributed by atoms with E-state index in [2.05, 4.69) is 0 Å². The molecule has 0 saturated heterocycles. The zero-order chi connectivity index (χ0) is 17.0. The van der Waals surface area contributed by atoms with Gasteiger partial charge < -0.3 is 9.64 Å². The van der Waals surface area contributed by atoms with Gasteiger partial charge in [-0.05, 0) is 26.0 Å². The number of amides is 1. The van der Waals surface area contributed by atoms with Crippen LogP contribution >= 0.6 is 0 Å². The van der Waals surface area contributed by atoms with Gasteiger partial charge in [0.25, 0.3) is 5.91 Å². The predicted molar refractivity (Wildman–Crippen MR) is 89.2 cm³/mol. The summed E-state index contributed by atoms with van der Waals surface area (Å²) >= 11 is 0. The average Bonchev–Trinajstić information content (AvgIpc) is 2.51. The number of carbonyl (C=O) groups excluding carboxylic acids is 2. The summed E-state index contributed by atoms with van der Waals surface area (Å²) in [6, 6.07) is 14.5. The summed E-state index contributed by atoms with van der Waals surface area (Å²) < 4.78 is 5.53. The van der Waals surface area contributed by atoms with Crippen LogP contribution in [0.4, 0.5) is 0 Å². The number of nitrogens with zero attached hydrogens (tertiary/aromatic N) is 1. The van der Waals surface area contributed by atoms with Crippen molar-refractivity contribution >= 4 is 11.9 Å². The molecule has 2 aromatic rings. The third-order valence-corrected chi connectivity index (χ3v) is 3.45. The van der Waals surface area contributed by atoms with Crippen LogP contribution in [0.5, 0.6) is 0 Å². The number of likely N-dealkylation sites (N-methyl/N-ethyl adjacent to an activating group) is 1. The van der Waals surface area contributed by atoms with E-state index in [1.165, 1.54) is 4.90 Å². The molecule has 0 N–H and O–H groups in total. The van der Waals surface area contributed by atoms with Gasteiger partial charge in [-0.1, -0.05) is 47.5 Å². The molecule has 0 bridgehead atoms. The Labute approximate surface area is 136 Å². The van der Waals surface area contributed by atoms with Crippen molar-refractivity contribution in [3.8, 4) is 0 Å². The molecule has 0 unspecified atom stereocenters. The second kappa shape index (κ2) is 7.09. The Kier molecular flexibility index (Phi) is 5.16. The molecular weight excluding hydrogens is 290 g/mol. The predicted octanol–water partition coefficient (Wildman–Crippen LogP) is 3.29. The molecule has 23 heavy (non-hydrogen) atoms. The molecule has 120 valence electrons. The smallest absolute Gasteiger partial charge is 0.339 e. The molecule has 0 spiro atoms. The number of carbonyl (C=O) groups is 2. The maximum Gasteiger partial charge on any atom is 0.339 e. The highest BCUT2D eigenvalue weighted by atomic mass is 16.5. The Hall–Kier alpha value is -2.62. The minimum atomic E-state index is -0.945. The van der Waals surface area contributed by atoms with E-state index < -0.39 is 12.1 Å². The van der Waals surface area contributed by atoms with Crippen LogP contribution in [-0.2, 0) is 9.53 Å². The standard InChI is InChI=1S/C19H21NO3/c1-13-10-14(2)12-16(11-13)19(22)23-17(18(21)20(3)4)15-8-6-5-7-9-15/h5-12,17H,1-4H3/t17-/m1/s1. The molecule has 0 aromatic heterocycles. The third kappa shape index (κ3) is 4.19. The van der Waals surface area contributed by atoms with E-state index >= 15 is 0 Å². The number of hydrogen-bond acceptors (Lipinski definition) is 3. The molecule has 0 aliphatic heterocycles. The fourth-order valence-corrected chi connectivity index (χ4v) is 2.39. The molecule has 1 atom stereocenters. The Morgan fingerprint density at radius 2 is 1.52 bits per heavy atom. The van der Waals surface area contributed by atoms with Crippen molar-refractivity contribution in [2.24, 2.45) is 0 Å². The minimum absolute atomic E-state index is 0.270. The molecule has 0 heterocycles. The van der Waals surface area contributed by atoms with Crippen LogP contribution in [0, 0.1) is 13.8 Å². The fraction of sp³-hybridized carbons (Fsp3) is 0.263. The SMILES string of the molecule is Cc1cc(C)cc(C(=O)O[C@@H](C(=O)N(C)C)c2ccccc2)c1. The number of rotatable bonds is 4. The number of hydrogen-bond donors (Lipinski definition) is 0. The van der Waals surface area contributed by atoms with Crippen LogP contribution in [0.25, 0.3) is 0 Å². The van der Waals surface area contributed by atoms with Gasteiger partial charge in [0.1, 0.15) is 0 Å². The minimum Gasteiger partial charge on any atom is -0.444 e. The van der Waals surface area contributed by atoms with Gasteiger partial charge in [0.05, 0.1) is 5.56 Å². The highest BCUT2D eigenvalue weighted by molar-refractivity contribution is 5.93. The van der Waals surface area contributed by atoms with E-state index in [0.29, 0.717) is 11.1 Å². The first kappa shape index (κ1) is 16.7. The molecule has 4 nitrogen and oxygen atoms in total. The molecule has 0 radical (unpaired) electrons. The molecule has 1 amide bonds. The van der Waals surface area contributed by atoms with Gasteiger partial charge >= 0.3 is 5.97 Å². The zero-order valence-electron chi connectivity index (χ0n) is 13.9.